The minimum Gasteiger partial charge on any atom is -0.496 e. The standard InChI is InChI=1S/C50H65N5O7/c1-10-31-23-32-26-49(45(58)61-9,40-34(17-21-54(27-31)28-32)33-15-12-13-16-37(33)52-40)36-24-35-38(25-39(36)60-8)53(7)42-48(35)19-22-55-20-14-18-47(11-2,41(48)55)43(62-30(3)56)50(42,59)29-51-44(57)46(4,5)6/h12-16,18,23-25,32,41-43,52,59H,10-11,17,19-22,26-29H2,1-9H3,(H,51,57)/t32-,41?,42+,43+,47+,48+,49-,50?/m0/s1. The van der Waals surface area contributed by atoms with Crippen LogP contribution in [0, 0.1) is 16.7 Å². The van der Waals surface area contributed by atoms with Crippen LogP contribution in [0.25, 0.3) is 10.9 Å². The van der Waals surface area contributed by atoms with E-state index in [0.29, 0.717) is 31.6 Å². The van der Waals surface area contributed by atoms with E-state index in [1.807, 2.05) is 33.9 Å². The summed E-state index contributed by atoms with van der Waals surface area (Å²) >= 11 is 0. The van der Waals surface area contributed by atoms with E-state index in [4.69, 9.17) is 14.2 Å². The summed E-state index contributed by atoms with van der Waals surface area (Å²) in [6.45, 7) is 15.2. The van der Waals surface area contributed by atoms with Gasteiger partial charge >= 0.3 is 11.9 Å². The maximum atomic E-state index is 15.4. The Hall–Kier alpha value is -4.65. The highest BCUT2D eigenvalue weighted by molar-refractivity contribution is 5.94. The summed E-state index contributed by atoms with van der Waals surface area (Å²) in [4.78, 5) is 53.4. The van der Waals surface area contributed by atoms with Crippen molar-refractivity contribution < 1.29 is 33.7 Å². The summed E-state index contributed by atoms with van der Waals surface area (Å²) in [5, 5.41) is 18.0. The highest BCUT2D eigenvalue weighted by atomic mass is 16.6. The van der Waals surface area contributed by atoms with Crippen LogP contribution in [0.15, 0.2) is 60.2 Å². The first-order valence-corrected chi connectivity index (χ1v) is 22.7. The zero-order valence-electron chi connectivity index (χ0n) is 38.0. The van der Waals surface area contributed by atoms with Gasteiger partial charge < -0.3 is 34.5 Å². The molecule has 9 atom stereocenters. The molecule has 1 aromatic heterocycles. The Morgan fingerprint density at radius 2 is 1.82 bits per heavy atom. The van der Waals surface area contributed by atoms with Crippen LogP contribution in [0.1, 0.15) is 89.6 Å². The lowest BCUT2D eigenvalue weighted by Gasteiger charge is -2.64. The molecule has 1 spiro atoms. The third kappa shape index (κ3) is 5.91. The summed E-state index contributed by atoms with van der Waals surface area (Å²) in [7, 11) is 5.15. The number of nitrogens with one attached hydrogen (secondary N) is 2. The number of carbonyl (C=O) groups excluding carboxylic acids is 3. The lowest BCUT2D eigenvalue weighted by Crippen LogP contribution is -2.81. The molecule has 2 fully saturated rings. The van der Waals surface area contributed by atoms with Gasteiger partial charge in [-0.1, -0.05) is 76.6 Å². The van der Waals surface area contributed by atoms with Crippen molar-refractivity contribution in [2.24, 2.45) is 16.7 Å². The molecule has 332 valence electrons. The molecule has 9 rings (SSSR count). The van der Waals surface area contributed by atoms with Crippen molar-refractivity contribution in [3.63, 3.8) is 0 Å². The number of hydrogen-bond donors (Lipinski definition) is 3. The molecule has 1 saturated heterocycles. The van der Waals surface area contributed by atoms with Gasteiger partial charge in [-0.2, -0.15) is 0 Å². The number of anilines is 1. The van der Waals surface area contributed by atoms with Crippen LogP contribution in [0.5, 0.6) is 5.75 Å². The smallest absolute Gasteiger partial charge is 0.322 e. The van der Waals surface area contributed by atoms with Crippen LogP contribution >= 0.6 is 0 Å². The first-order chi connectivity index (χ1) is 29.5. The lowest BCUT2D eigenvalue weighted by molar-refractivity contribution is -0.217. The van der Waals surface area contributed by atoms with Gasteiger partial charge in [-0.3, -0.25) is 24.2 Å². The summed E-state index contributed by atoms with van der Waals surface area (Å²) < 4.78 is 18.9. The number of aromatic nitrogens is 1. The number of ether oxygens (including phenoxy) is 3. The van der Waals surface area contributed by atoms with Crippen molar-refractivity contribution in [1.29, 1.82) is 0 Å². The van der Waals surface area contributed by atoms with Crippen molar-refractivity contribution in [2.45, 2.75) is 108 Å². The number of amides is 1. The molecule has 3 aromatic rings. The molecule has 6 aliphatic rings. The van der Waals surface area contributed by atoms with E-state index in [2.05, 4.69) is 87.4 Å². The topological polar surface area (TPSA) is 137 Å². The summed E-state index contributed by atoms with van der Waals surface area (Å²) in [5.74, 6) is -0.466. The molecule has 3 unspecified atom stereocenters. The van der Waals surface area contributed by atoms with Crippen LogP contribution in [-0.2, 0) is 41.1 Å². The Kier molecular flexibility index (Phi) is 10.3. The Balaban J connectivity index is 1.34. The number of fused-ring (bicyclic) bond motifs is 6. The van der Waals surface area contributed by atoms with Crippen molar-refractivity contribution in [3.8, 4) is 5.75 Å². The number of esters is 2. The molecular weight excluding hydrogens is 783 g/mol. The predicted molar refractivity (Wildman–Crippen MR) is 239 cm³/mol. The predicted octanol–water partition coefficient (Wildman–Crippen LogP) is 5.79. The Labute approximate surface area is 366 Å². The molecule has 5 aliphatic heterocycles. The largest absolute Gasteiger partial charge is 0.496 e. The van der Waals surface area contributed by atoms with Gasteiger partial charge in [-0.15, -0.1) is 0 Å². The first-order valence-electron chi connectivity index (χ1n) is 22.7. The average molecular weight is 848 g/mol. The van der Waals surface area contributed by atoms with Crippen LogP contribution in [0.3, 0.4) is 0 Å². The van der Waals surface area contributed by atoms with Gasteiger partial charge in [-0.25, -0.2) is 0 Å². The maximum Gasteiger partial charge on any atom is 0.322 e. The number of likely N-dealkylation sites (N-methyl/N-ethyl adjacent to an activating group) is 1. The van der Waals surface area contributed by atoms with E-state index in [0.717, 1.165) is 78.0 Å². The van der Waals surface area contributed by atoms with Gasteiger partial charge in [0, 0.05) is 96.4 Å². The van der Waals surface area contributed by atoms with Crippen molar-refractivity contribution in [1.82, 2.24) is 20.1 Å². The van der Waals surface area contributed by atoms with Gasteiger partial charge in [0.25, 0.3) is 0 Å². The molecule has 1 saturated carbocycles. The van der Waals surface area contributed by atoms with E-state index in [9.17, 15) is 14.7 Å². The summed E-state index contributed by atoms with van der Waals surface area (Å²) in [6.07, 6.45) is 9.14. The molecular formula is C50H65N5O7. The fourth-order valence-electron chi connectivity index (χ4n) is 13.5. The van der Waals surface area contributed by atoms with Crippen LogP contribution in [-0.4, -0.2) is 122 Å². The highest BCUT2D eigenvalue weighted by Crippen LogP contribution is 2.68. The average Bonchev–Trinajstić information content (AvgIpc) is 3.92. The Morgan fingerprint density at radius 3 is 2.52 bits per heavy atom. The van der Waals surface area contributed by atoms with Crippen molar-refractivity contribution in [2.75, 3.05) is 65.4 Å². The molecule has 12 nitrogen and oxygen atoms in total. The zero-order valence-corrected chi connectivity index (χ0v) is 38.0. The van der Waals surface area contributed by atoms with Crippen LogP contribution < -0.4 is 15.0 Å². The maximum absolute atomic E-state index is 15.4. The quantitative estimate of drug-likeness (QED) is 0.189. The van der Waals surface area contributed by atoms with Gasteiger partial charge in [0.05, 0.1) is 26.8 Å². The van der Waals surface area contributed by atoms with Crippen molar-refractivity contribution >= 4 is 34.4 Å². The van der Waals surface area contributed by atoms with Crippen LogP contribution in [0.2, 0.25) is 0 Å². The monoisotopic (exact) mass is 847 g/mol. The second-order valence-electron chi connectivity index (χ2n) is 20.1. The number of H-pyrrole nitrogens is 1. The lowest BCUT2D eigenvalue weighted by atomic mass is 9.47. The van der Waals surface area contributed by atoms with E-state index in [1.54, 1.807) is 7.11 Å². The normalized spacial score (nSPS) is 33.5. The highest BCUT2D eigenvalue weighted by Gasteiger charge is 2.78. The number of hydrogen-bond acceptors (Lipinski definition) is 10. The number of nitrogens with zero attached hydrogens (tertiary/aromatic N) is 3. The minimum atomic E-state index is -1.76. The number of aromatic amines is 1. The minimum absolute atomic E-state index is 0.0376. The van der Waals surface area contributed by atoms with E-state index < -0.39 is 45.4 Å². The molecule has 12 heteroatoms. The van der Waals surface area contributed by atoms with Gasteiger partial charge in [0.15, 0.2) is 0 Å². The Morgan fingerprint density at radius 1 is 1.05 bits per heavy atom. The fourth-order valence-corrected chi connectivity index (χ4v) is 13.5. The summed E-state index contributed by atoms with van der Waals surface area (Å²) in [6, 6.07) is 11.8. The molecule has 2 aromatic carbocycles. The number of para-hydroxylation sites is 1. The molecule has 0 radical (unpaired) electrons. The van der Waals surface area contributed by atoms with E-state index in [1.165, 1.54) is 19.6 Å². The number of methoxy groups -OCH3 is 2. The molecule has 6 heterocycles. The van der Waals surface area contributed by atoms with Gasteiger partial charge in [0.2, 0.25) is 5.91 Å². The SMILES string of the molecule is CCC1=C[C@@H]2CN(CCc3c([nH]c4ccccc34)[C@@](C(=O)OC)(c3cc4c(cc3OC)N(C)[C@H]3C(O)(CNC(=O)C(C)(C)C)[C@H](OC(C)=O)[C@]5(CC)C=CCN6CC[C@]43C65)C2)C1. The third-order valence-electron chi connectivity index (χ3n) is 15.9. The van der Waals surface area contributed by atoms with Crippen LogP contribution in [0.4, 0.5) is 5.69 Å². The number of rotatable bonds is 8. The number of aliphatic hydroxyl groups is 1. The van der Waals surface area contributed by atoms with E-state index in [-0.39, 0.29) is 30.4 Å². The molecule has 1 amide bonds. The Bertz CT molecular complexity index is 2380. The molecule has 62 heavy (non-hydrogen) atoms. The second-order valence-corrected chi connectivity index (χ2v) is 20.1. The van der Waals surface area contributed by atoms with Gasteiger partial charge in [-0.05, 0) is 67.8 Å². The summed E-state index contributed by atoms with van der Waals surface area (Å²) in [5.41, 5.74) is 1.53. The van der Waals surface area contributed by atoms with Gasteiger partial charge in [0.1, 0.15) is 22.9 Å². The second kappa shape index (κ2) is 15.0. The number of carbonyl (C=O) groups is 3. The molecule has 3 N–H and O–H groups in total. The molecule has 2 bridgehead atoms. The first kappa shape index (κ1) is 42.6. The van der Waals surface area contributed by atoms with E-state index >= 15 is 4.79 Å². The number of benzene rings is 2. The zero-order chi connectivity index (χ0) is 44.1. The van der Waals surface area contributed by atoms with Crippen molar-refractivity contribution in [3.05, 3.63) is 82.6 Å². The third-order valence-corrected chi connectivity index (χ3v) is 15.9. The molecule has 1 aliphatic carbocycles. The fraction of sp³-hybridized carbons (Fsp3) is 0.580.